The molecule has 1 aliphatic carbocycles. The zero-order valence-electron chi connectivity index (χ0n) is 12.9. The van der Waals surface area contributed by atoms with E-state index in [1.807, 2.05) is 0 Å². The molecule has 1 aromatic rings. The third-order valence-electron chi connectivity index (χ3n) is 4.19. The Morgan fingerprint density at radius 3 is 2.33 bits per heavy atom. The van der Waals surface area contributed by atoms with Gasteiger partial charge in [-0.25, -0.2) is 0 Å². The Balaban J connectivity index is 0.00000144. The molecule has 1 aliphatic heterocycles. The Labute approximate surface area is 151 Å². The first-order valence-electron chi connectivity index (χ1n) is 7.48. The van der Waals surface area contributed by atoms with E-state index in [1.165, 1.54) is 6.07 Å². The maximum Gasteiger partial charge on any atom is 0.573 e. The van der Waals surface area contributed by atoms with Gasteiger partial charge in [-0.3, -0.25) is 4.90 Å². The van der Waals surface area contributed by atoms with E-state index in [1.54, 1.807) is 6.07 Å². The summed E-state index contributed by atoms with van der Waals surface area (Å²) in [6, 6.07) is 4.31. The molecule has 0 radical (unpaired) electrons. The zero-order chi connectivity index (χ0) is 15.7. The van der Waals surface area contributed by atoms with Crippen molar-refractivity contribution >= 4 is 24.8 Å². The van der Waals surface area contributed by atoms with Crippen LogP contribution < -0.4 is 10.1 Å². The van der Waals surface area contributed by atoms with Crippen molar-refractivity contribution in [2.75, 3.05) is 26.2 Å². The Bertz CT molecular complexity index is 536. The Hall–Kier alpha value is -0.890. The van der Waals surface area contributed by atoms with E-state index in [2.05, 4.69) is 15.0 Å². The average molecular weight is 389 g/mol. The van der Waals surface area contributed by atoms with Crippen molar-refractivity contribution in [2.45, 2.75) is 25.2 Å². The Morgan fingerprint density at radius 1 is 1.17 bits per heavy atom. The normalized spacial score (nSPS) is 19.8. The number of benzene rings is 1. The molecule has 1 saturated carbocycles. The summed E-state index contributed by atoms with van der Waals surface area (Å²) >= 11 is 0. The fourth-order valence-corrected chi connectivity index (χ4v) is 3.11. The Morgan fingerprint density at radius 2 is 1.79 bits per heavy atom. The second-order valence-electron chi connectivity index (χ2n) is 5.81. The first-order valence-corrected chi connectivity index (χ1v) is 7.48. The number of para-hydroxylation sites is 1. The Kier molecular flexibility index (Phi) is 7.46. The smallest absolute Gasteiger partial charge is 0.504 e. The summed E-state index contributed by atoms with van der Waals surface area (Å²) in [6.45, 7) is 3.35. The fraction of sp³-hybridized carbons (Fsp3) is 0.600. The van der Waals surface area contributed by atoms with E-state index in [0.717, 1.165) is 45.1 Å². The number of alkyl halides is 3. The third-order valence-corrected chi connectivity index (χ3v) is 4.19. The predicted molar refractivity (Wildman–Crippen MR) is 89.2 cm³/mol. The maximum absolute atomic E-state index is 12.4. The molecule has 24 heavy (non-hydrogen) atoms. The summed E-state index contributed by atoms with van der Waals surface area (Å²) in [5.41, 5.74) is 0.533. The van der Waals surface area contributed by atoms with Crippen LogP contribution in [0, 0.1) is 5.92 Å². The lowest BCUT2D eigenvalue weighted by Crippen LogP contribution is -2.45. The fourth-order valence-electron chi connectivity index (χ4n) is 3.11. The molecule has 1 atom stereocenters. The van der Waals surface area contributed by atoms with Crippen LogP contribution in [0.2, 0.25) is 0 Å². The number of nitrogens with one attached hydrogen (secondary N) is 1. The van der Waals surface area contributed by atoms with Gasteiger partial charge in [-0.05, 0) is 24.8 Å². The summed E-state index contributed by atoms with van der Waals surface area (Å²) in [6.07, 6.45) is -2.73. The average Bonchev–Trinajstić information content (AvgIpc) is 3.28. The molecular weight excluding hydrogens is 368 g/mol. The molecule has 0 spiro atoms. The molecule has 4 nitrogen and oxygen atoms in total. The number of hydrogen-bond acceptors (Lipinski definition) is 4. The molecule has 1 saturated heterocycles. The van der Waals surface area contributed by atoms with E-state index in [0.29, 0.717) is 11.5 Å². The van der Waals surface area contributed by atoms with Gasteiger partial charge in [-0.15, -0.1) is 38.0 Å². The van der Waals surface area contributed by atoms with E-state index >= 15 is 0 Å². The summed E-state index contributed by atoms with van der Waals surface area (Å²) in [4.78, 5) is 2.24. The first-order chi connectivity index (χ1) is 10.5. The van der Waals surface area contributed by atoms with E-state index in [9.17, 15) is 18.3 Å². The zero-order valence-corrected chi connectivity index (χ0v) is 14.5. The molecule has 9 heteroatoms. The number of phenolic OH excluding ortho intramolecular Hbond substituents is 1. The van der Waals surface area contributed by atoms with Gasteiger partial charge in [0.25, 0.3) is 0 Å². The lowest BCUT2D eigenvalue weighted by molar-refractivity contribution is -0.275. The largest absolute Gasteiger partial charge is 0.573 e. The minimum atomic E-state index is -4.81. The number of halogens is 5. The molecule has 138 valence electrons. The summed E-state index contributed by atoms with van der Waals surface area (Å²) in [5, 5.41) is 13.5. The highest BCUT2D eigenvalue weighted by molar-refractivity contribution is 5.85. The van der Waals surface area contributed by atoms with Gasteiger partial charge in [-0.2, -0.15) is 0 Å². The molecule has 2 N–H and O–H groups in total. The number of piperazine rings is 1. The van der Waals surface area contributed by atoms with Crippen LogP contribution in [0.3, 0.4) is 0 Å². The summed E-state index contributed by atoms with van der Waals surface area (Å²) < 4.78 is 41.2. The molecule has 0 aromatic heterocycles. The second kappa shape index (κ2) is 8.47. The molecule has 1 heterocycles. The third kappa shape index (κ3) is 5.05. The van der Waals surface area contributed by atoms with Crippen molar-refractivity contribution < 1.29 is 23.0 Å². The SMILES string of the molecule is Cl.Cl.Oc1c(OC(F)(F)F)cccc1[C@@H](C1CC1)N1CCNCC1. The predicted octanol–water partition coefficient (Wildman–Crippen LogP) is 3.49. The monoisotopic (exact) mass is 388 g/mol. The van der Waals surface area contributed by atoms with Gasteiger partial charge in [0, 0.05) is 37.8 Å². The van der Waals surface area contributed by atoms with Gasteiger partial charge in [0.2, 0.25) is 0 Å². The molecular formula is C15H21Cl2F3N2O2. The minimum Gasteiger partial charge on any atom is -0.504 e. The van der Waals surface area contributed by atoms with Crippen molar-refractivity contribution in [3.63, 3.8) is 0 Å². The summed E-state index contributed by atoms with van der Waals surface area (Å²) in [5.74, 6) is -0.522. The molecule has 0 unspecified atom stereocenters. The standard InChI is InChI=1S/C15H19F3N2O2.2ClH/c16-15(17,18)22-12-3-1-2-11(14(12)21)13(10-4-5-10)20-8-6-19-7-9-20;;/h1-3,10,13,19,21H,4-9H2;2*1H/t13-;;/m1../s1. The molecule has 0 bridgehead atoms. The highest BCUT2D eigenvalue weighted by Gasteiger charge is 2.39. The van der Waals surface area contributed by atoms with Crippen LogP contribution in [-0.2, 0) is 0 Å². The maximum atomic E-state index is 12.4. The number of phenols is 1. The van der Waals surface area contributed by atoms with Crippen LogP contribution in [0.15, 0.2) is 18.2 Å². The molecule has 3 rings (SSSR count). The van der Waals surface area contributed by atoms with Crippen molar-refractivity contribution in [1.29, 1.82) is 0 Å². The van der Waals surface area contributed by atoms with Crippen LogP contribution in [0.1, 0.15) is 24.4 Å². The van der Waals surface area contributed by atoms with Gasteiger partial charge in [0.15, 0.2) is 11.5 Å². The van der Waals surface area contributed by atoms with Crippen molar-refractivity contribution in [3.8, 4) is 11.5 Å². The van der Waals surface area contributed by atoms with Crippen LogP contribution in [0.5, 0.6) is 11.5 Å². The highest BCUT2D eigenvalue weighted by Crippen LogP contribution is 2.49. The molecule has 2 fully saturated rings. The van der Waals surface area contributed by atoms with Gasteiger partial charge in [-0.1, -0.05) is 12.1 Å². The lowest BCUT2D eigenvalue weighted by atomic mass is 9.98. The minimum absolute atomic E-state index is 0. The van der Waals surface area contributed by atoms with Crippen LogP contribution in [0.25, 0.3) is 0 Å². The van der Waals surface area contributed by atoms with Crippen LogP contribution >= 0.6 is 24.8 Å². The first kappa shape index (κ1) is 21.2. The number of ether oxygens (including phenoxy) is 1. The second-order valence-corrected chi connectivity index (χ2v) is 5.81. The number of aromatic hydroxyl groups is 1. The molecule has 2 aliphatic rings. The van der Waals surface area contributed by atoms with Gasteiger partial charge < -0.3 is 15.2 Å². The quantitative estimate of drug-likeness (QED) is 0.828. The van der Waals surface area contributed by atoms with Crippen molar-refractivity contribution in [3.05, 3.63) is 23.8 Å². The molecule has 1 aromatic carbocycles. The molecule has 0 amide bonds. The number of hydrogen-bond donors (Lipinski definition) is 2. The van der Waals surface area contributed by atoms with Gasteiger partial charge in [0.05, 0.1) is 0 Å². The van der Waals surface area contributed by atoms with Crippen molar-refractivity contribution in [2.24, 2.45) is 5.92 Å². The van der Waals surface area contributed by atoms with Crippen molar-refractivity contribution in [1.82, 2.24) is 10.2 Å². The van der Waals surface area contributed by atoms with E-state index < -0.39 is 17.9 Å². The summed E-state index contributed by atoms with van der Waals surface area (Å²) in [7, 11) is 0. The highest BCUT2D eigenvalue weighted by atomic mass is 35.5. The van der Waals surface area contributed by atoms with Gasteiger partial charge in [0.1, 0.15) is 0 Å². The van der Waals surface area contributed by atoms with E-state index in [4.69, 9.17) is 0 Å². The van der Waals surface area contributed by atoms with Crippen LogP contribution in [0.4, 0.5) is 13.2 Å². The number of rotatable bonds is 4. The lowest BCUT2D eigenvalue weighted by Gasteiger charge is -2.36. The van der Waals surface area contributed by atoms with Gasteiger partial charge >= 0.3 is 6.36 Å². The van der Waals surface area contributed by atoms with Crippen LogP contribution in [-0.4, -0.2) is 42.5 Å². The number of nitrogens with zero attached hydrogens (tertiary/aromatic N) is 1. The van der Waals surface area contributed by atoms with E-state index in [-0.39, 0.29) is 30.9 Å². The topological polar surface area (TPSA) is 44.7 Å².